The van der Waals surface area contributed by atoms with Crippen LogP contribution in [0.4, 0.5) is 0 Å². The summed E-state index contributed by atoms with van der Waals surface area (Å²) >= 11 is 0. The third-order valence-corrected chi connectivity index (χ3v) is 2.98. The van der Waals surface area contributed by atoms with Gasteiger partial charge in [0.05, 0.1) is 6.61 Å². The molecule has 1 N–H and O–H groups in total. The second-order valence-corrected chi connectivity index (χ2v) is 4.17. The summed E-state index contributed by atoms with van der Waals surface area (Å²) < 4.78 is 5.75. The zero-order valence-corrected chi connectivity index (χ0v) is 9.33. The molecule has 1 atom stereocenters. The number of rotatable bonds is 4. The Morgan fingerprint density at radius 1 is 1.33 bits per heavy atom. The van der Waals surface area contributed by atoms with Gasteiger partial charge in [-0.25, -0.2) is 0 Å². The van der Waals surface area contributed by atoms with Crippen LogP contribution in [0.2, 0.25) is 0 Å². The van der Waals surface area contributed by atoms with Crippen LogP contribution >= 0.6 is 0 Å². The fraction of sp³-hybridized carbons (Fsp3) is 0.538. The van der Waals surface area contributed by atoms with Gasteiger partial charge in [0, 0.05) is 12.5 Å². The van der Waals surface area contributed by atoms with Crippen molar-refractivity contribution in [2.45, 2.75) is 19.8 Å². The third kappa shape index (κ3) is 2.96. The second kappa shape index (κ2) is 5.17. The highest BCUT2D eigenvalue weighted by molar-refractivity contribution is 5.27. The molecule has 0 amide bonds. The number of hydrogen-bond acceptors (Lipinski definition) is 2. The van der Waals surface area contributed by atoms with Gasteiger partial charge in [-0.2, -0.15) is 0 Å². The number of aryl methyl sites for hydroxylation is 1. The summed E-state index contributed by atoms with van der Waals surface area (Å²) in [5, 5.41) is 3.35. The molecule has 0 radical (unpaired) electrons. The zero-order valence-electron chi connectivity index (χ0n) is 9.33. The van der Waals surface area contributed by atoms with E-state index in [0.717, 1.165) is 31.9 Å². The molecule has 1 unspecified atom stereocenters. The van der Waals surface area contributed by atoms with Crippen LogP contribution in [-0.2, 0) is 6.42 Å². The molecule has 1 aromatic rings. The maximum Gasteiger partial charge on any atom is 0.119 e. The Labute approximate surface area is 91.6 Å². The highest BCUT2D eigenvalue weighted by atomic mass is 16.5. The lowest BCUT2D eigenvalue weighted by Crippen LogP contribution is -2.15. The molecule has 15 heavy (non-hydrogen) atoms. The number of benzene rings is 1. The van der Waals surface area contributed by atoms with Crippen molar-refractivity contribution in [1.29, 1.82) is 0 Å². The van der Waals surface area contributed by atoms with Gasteiger partial charge in [-0.1, -0.05) is 19.1 Å². The van der Waals surface area contributed by atoms with Gasteiger partial charge in [0.2, 0.25) is 0 Å². The van der Waals surface area contributed by atoms with E-state index in [9.17, 15) is 0 Å². The molecule has 1 heterocycles. The first-order valence-electron chi connectivity index (χ1n) is 5.81. The molecule has 1 fully saturated rings. The van der Waals surface area contributed by atoms with E-state index in [1.165, 1.54) is 12.0 Å². The van der Waals surface area contributed by atoms with Gasteiger partial charge in [0.25, 0.3) is 0 Å². The van der Waals surface area contributed by atoms with Gasteiger partial charge in [-0.3, -0.25) is 0 Å². The standard InChI is InChI=1S/C13H19NO/c1-2-11-3-5-13(6-4-11)15-10-12-7-8-14-9-12/h3-6,12,14H,2,7-10H2,1H3. The minimum Gasteiger partial charge on any atom is -0.493 e. The van der Waals surface area contributed by atoms with Gasteiger partial charge in [0.15, 0.2) is 0 Å². The molecular weight excluding hydrogens is 186 g/mol. The monoisotopic (exact) mass is 205 g/mol. The molecule has 2 nitrogen and oxygen atoms in total. The van der Waals surface area contributed by atoms with E-state index in [-0.39, 0.29) is 0 Å². The van der Waals surface area contributed by atoms with Crippen molar-refractivity contribution in [3.63, 3.8) is 0 Å². The van der Waals surface area contributed by atoms with Crippen molar-refractivity contribution in [2.24, 2.45) is 5.92 Å². The molecule has 1 aliphatic rings. The fourth-order valence-corrected chi connectivity index (χ4v) is 1.89. The van der Waals surface area contributed by atoms with Crippen LogP contribution in [0.1, 0.15) is 18.9 Å². The van der Waals surface area contributed by atoms with Crippen molar-refractivity contribution >= 4 is 0 Å². The predicted octanol–water partition coefficient (Wildman–Crippen LogP) is 2.24. The van der Waals surface area contributed by atoms with Gasteiger partial charge in [-0.05, 0) is 37.1 Å². The van der Waals surface area contributed by atoms with E-state index in [4.69, 9.17) is 4.74 Å². The average molecular weight is 205 g/mol. The van der Waals surface area contributed by atoms with Crippen LogP contribution in [0, 0.1) is 5.92 Å². The van der Waals surface area contributed by atoms with E-state index >= 15 is 0 Å². The average Bonchev–Trinajstić information content (AvgIpc) is 2.80. The van der Waals surface area contributed by atoms with Crippen LogP contribution in [0.5, 0.6) is 5.75 Å². The van der Waals surface area contributed by atoms with Gasteiger partial charge in [-0.15, -0.1) is 0 Å². The zero-order chi connectivity index (χ0) is 10.5. The molecule has 1 saturated heterocycles. The van der Waals surface area contributed by atoms with E-state index in [1.54, 1.807) is 0 Å². The number of hydrogen-bond donors (Lipinski definition) is 1. The summed E-state index contributed by atoms with van der Waals surface area (Å²) in [5.74, 6) is 1.69. The molecule has 0 aromatic heterocycles. The first kappa shape index (κ1) is 10.5. The summed E-state index contributed by atoms with van der Waals surface area (Å²) in [7, 11) is 0. The van der Waals surface area contributed by atoms with E-state index in [2.05, 4.69) is 36.5 Å². The smallest absolute Gasteiger partial charge is 0.119 e. The third-order valence-electron chi connectivity index (χ3n) is 2.98. The van der Waals surface area contributed by atoms with E-state index < -0.39 is 0 Å². The Hall–Kier alpha value is -1.02. The van der Waals surface area contributed by atoms with Gasteiger partial charge < -0.3 is 10.1 Å². The number of nitrogens with one attached hydrogen (secondary N) is 1. The lowest BCUT2D eigenvalue weighted by atomic mass is 10.1. The quantitative estimate of drug-likeness (QED) is 0.814. The van der Waals surface area contributed by atoms with Crippen molar-refractivity contribution < 1.29 is 4.74 Å². The molecule has 0 aliphatic carbocycles. The Morgan fingerprint density at radius 2 is 2.13 bits per heavy atom. The normalized spacial score (nSPS) is 20.5. The largest absolute Gasteiger partial charge is 0.493 e. The Kier molecular flexibility index (Phi) is 3.62. The summed E-state index contributed by atoms with van der Waals surface area (Å²) in [5.41, 5.74) is 1.37. The molecule has 0 saturated carbocycles. The van der Waals surface area contributed by atoms with Crippen LogP contribution in [-0.4, -0.2) is 19.7 Å². The molecule has 1 aromatic carbocycles. The highest BCUT2D eigenvalue weighted by Crippen LogP contribution is 2.15. The maximum absolute atomic E-state index is 5.75. The first-order valence-corrected chi connectivity index (χ1v) is 5.81. The maximum atomic E-state index is 5.75. The molecular formula is C13H19NO. The van der Waals surface area contributed by atoms with Crippen molar-refractivity contribution in [2.75, 3.05) is 19.7 Å². The van der Waals surface area contributed by atoms with E-state index in [1.807, 2.05) is 0 Å². The van der Waals surface area contributed by atoms with Crippen molar-refractivity contribution in [1.82, 2.24) is 5.32 Å². The highest BCUT2D eigenvalue weighted by Gasteiger charge is 2.14. The van der Waals surface area contributed by atoms with Crippen LogP contribution in [0.25, 0.3) is 0 Å². The van der Waals surface area contributed by atoms with Crippen LogP contribution < -0.4 is 10.1 Å². The second-order valence-electron chi connectivity index (χ2n) is 4.17. The lowest BCUT2D eigenvalue weighted by Gasteiger charge is -2.10. The minimum absolute atomic E-state index is 0.691. The molecule has 2 heteroatoms. The van der Waals surface area contributed by atoms with Crippen LogP contribution in [0.3, 0.4) is 0 Å². The fourth-order valence-electron chi connectivity index (χ4n) is 1.89. The summed E-state index contributed by atoms with van der Waals surface area (Å²) in [4.78, 5) is 0. The molecule has 0 bridgehead atoms. The first-order chi connectivity index (χ1) is 7.38. The van der Waals surface area contributed by atoms with Crippen LogP contribution in [0.15, 0.2) is 24.3 Å². The Bertz CT molecular complexity index is 288. The Balaban J connectivity index is 1.82. The van der Waals surface area contributed by atoms with Gasteiger partial charge in [0.1, 0.15) is 5.75 Å². The SMILES string of the molecule is CCc1ccc(OCC2CCNC2)cc1. The minimum atomic E-state index is 0.691. The molecule has 0 spiro atoms. The molecule has 82 valence electrons. The van der Waals surface area contributed by atoms with Gasteiger partial charge >= 0.3 is 0 Å². The summed E-state index contributed by atoms with van der Waals surface area (Å²) in [6.45, 7) is 5.26. The molecule has 2 rings (SSSR count). The lowest BCUT2D eigenvalue weighted by molar-refractivity contribution is 0.260. The summed E-state index contributed by atoms with van der Waals surface area (Å²) in [6, 6.07) is 8.42. The predicted molar refractivity (Wildman–Crippen MR) is 62.3 cm³/mol. The topological polar surface area (TPSA) is 21.3 Å². The van der Waals surface area contributed by atoms with Crippen molar-refractivity contribution in [3.8, 4) is 5.75 Å². The number of ether oxygens (including phenoxy) is 1. The van der Waals surface area contributed by atoms with Crippen molar-refractivity contribution in [3.05, 3.63) is 29.8 Å². The summed E-state index contributed by atoms with van der Waals surface area (Å²) in [6.07, 6.45) is 2.33. The van der Waals surface area contributed by atoms with E-state index in [0.29, 0.717) is 5.92 Å². The molecule has 1 aliphatic heterocycles. The Morgan fingerprint density at radius 3 is 2.73 bits per heavy atom.